The molecule has 1 saturated heterocycles. The van der Waals surface area contributed by atoms with Crippen molar-refractivity contribution in [2.75, 3.05) is 19.6 Å². The lowest BCUT2D eigenvalue weighted by Crippen LogP contribution is -2.53. The molecule has 1 nitrogen and oxygen atoms in total. The number of hydrogen-bond acceptors (Lipinski definition) is 0. The Bertz CT molecular complexity index is 314. The second kappa shape index (κ2) is 5.01. The van der Waals surface area contributed by atoms with Crippen LogP contribution >= 0.6 is 0 Å². The zero-order valence-corrected chi connectivity index (χ0v) is 10.7. The van der Waals surface area contributed by atoms with Gasteiger partial charge in [0.15, 0.2) is 0 Å². The fraction of sp³-hybridized carbons (Fsp3) is 0.600. The molecule has 0 bridgehead atoms. The molecule has 1 aromatic carbocycles. The van der Waals surface area contributed by atoms with E-state index in [1.54, 1.807) is 0 Å². The summed E-state index contributed by atoms with van der Waals surface area (Å²) in [7, 11) is 0. The van der Waals surface area contributed by atoms with E-state index in [0.29, 0.717) is 0 Å². The third-order valence-corrected chi connectivity index (χ3v) is 3.91. The number of rotatable bonds is 3. The summed E-state index contributed by atoms with van der Waals surface area (Å²) in [5, 5.41) is 0. The highest BCUT2D eigenvalue weighted by Gasteiger charge is 2.31. The first-order valence-corrected chi connectivity index (χ1v) is 6.70. The van der Waals surface area contributed by atoms with E-state index >= 15 is 0 Å². The molecule has 0 N–H and O–H groups in total. The van der Waals surface area contributed by atoms with E-state index < -0.39 is 0 Å². The summed E-state index contributed by atoms with van der Waals surface area (Å²) >= 11 is 0. The second-order valence-corrected chi connectivity index (χ2v) is 5.21. The molecule has 1 heterocycles. The van der Waals surface area contributed by atoms with Crippen molar-refractivity contribution in [2.24, 2.45) is 0 Å². The van der Waals surface area contributed by atoms with E-state index in [4.69, 9.17) is 0 Å². The van der Waals surface area contributed by atoms with Crippen LogP contribution in [0.15, 0.2) is 24.3 Å². The van der Waals surface area contributed by atoms with Gasteiger partial charge in [-0.25, -0.2) is 0 Å². The van der Waals surface area contributed by atoms with Gasteiger partial charge in [0.05, 0.1) is 19.6 Å². The zero-order valence-electron chi connectivity index (χ0n) is 10.7. The standard InChI is InChI=1S/C15H24N/c1-3-11-16(12-5-4-6-13-16)15-9-7-14(2)8-10-15/h7-10H,3-6,11-13H2,1-2H3/q+1. The zero-order chi connectivity index (χ0) is 11.4. The van der Waals surface area contributed by atoms with Crippen molar-refractivity contribution in [2.45, 2.75) is 39.5 Å². The Kier molecular flexibility index (Phi) is 3.65. The van der Waals surface area contributed by atoms with Crippen LogP contribution in [0.1, 0.15) is 38.2 Å². The number of hydrogen-bond donors (Lipinski definition) is 0. The van der Waals surface area contributed by atoms with Gasteiger partial charge < -0.3 is 0 Å². The van der Waals surface area contributed by atoms with Gasteiger partial charge in [0.25, 0.3) is 0 Å². The SMILES string of the molecule is CCC[N+]1(c2ccc(C)cc2)CCCCC1. The fourth-order valence-electron chi connectivity index (χ4n) is 3.02. The maximum Gasteiger partial charge on any atom is 0.132 e. The highest BCUT2D eigenvalue weighted by molar-refractivity contribution is 5.44. The monoisotopic (exact) mass is 218 g/mol. The smallest absolute Gasteiger partial charge is 0.132 e. The highest BCUT2D eigenvalue weighted by atomic mass is 15.4. The number of benzene rings is 1. The third-order valence-electron chi connectivity index (χ3n) is 3.91. The molecule has 2 rings (SSSR count). The number of piperidine rings is 1. The minimum absolute atomic E-state index is 1.23. The van der Waals surface area contributed by atoms with Crippen molar-refractivity contribution in [3.63, 3.8) is 0 Å². The number of likely N-dealkylation sites (tertiary alicyclic amines) is 1. The quantitative estimate of drug-likeness (QED) is 0.675. The van der Waals surface area contributed by atoms with E-state index in [1.165, 1.54) is 61.1 Å². The molecule has 0 radical (unpaired) electrons. The number of aryl methyl sites for hydroxylation is 1. The van der Waals surface area contributed by atoms with Crippen LogP contribution in [0.5, 0.6) is 0 Å². The predicted molar refractivity (Wildman–Crippen MR) is 71.7 cm³/mol. The van der Waals surface area contributed by atoms with Crippen molar-refractivity contribution in [1.29, 1.82) is 0 Å². The number of quaternary nitrogens is 1. The Morgan fingerprint density at radius 1 is 1.00 bits per heavy atom. The van der Waals surface area contributed by atoms with Gasteiger partial charge in [-0.2, -0.15) is 0 Å². The number of nitrogens with zero attached hydrogens (tertiary/aromatic N) is 1. The Balaban J connectivity index is 2.26. The molecular formula is C15H24N+. The first kappa shape index (κ1) is 11.7. The Hall–Kier alpha value is -0.820. The van der Waals surface area contributed by atoms with Gasteiger partial charge in [-0.05, 0) is 44.7 Å². The third kappa shape index (κ3) is 2.30. The molecule has 0 spiro atoms. The summed E-state index contributed by atoms with van der Waals surface area (Å²) in [5.41, 5.74) is 2.91. The Morgan fingerprint density at radius 2 is 1.62 bits per heavy atom. The average Bonchev–Trinajstić information content (AvgIpc) is 2.31. The van der Waals surface area contributed by atoms with Crippen LogP contribution in [0.2, 0.25) is 0 Å². The summed E-state index contributed by atoms with van der Waals surface area (Å²) in [6.45, 7) is 8.48. The molecular weight excluding hydrogens is 194 g/mol. The van der Waals surface area contributed by atoms with E-state index in [2.05, 4.69) is 38.1 Å². The lowest BCUT2D eigenvalue weighted by Gasteiger charge is -2.41. The molecule has 0 saturated carbocycles. The van der Waals surface area contributed by atoms with Crippen molar-refractivity contribution >= 4 is 5.69 Å². The molecule has 1 heteroatoms. The molecule has 1 aliphatic heterocycles. The Morgan fingerprint density at radius 3 is 2.19 bits per heavy atom. The van der Waals surface area contributed by atoms with Gasteiger partial charge in [0.1, 0.15) is 5.69 Å². The van der Waals surface area contributed by atoms with Crippen LogP contribution in [0.25, 0.3) is 0 Å². The summed E-state index contributed by atoms with van der Waals surface area (Å²) in [5.74, 6) is 0. The van der Waals surface area contributed by atoms with E-state index in [9.17, 15) is 0 Å². The molecule has 1 aromatic rings. The maximum atomic E-state index is 2.34. The Labute approximate surface area is 99.7 Å². The lowest BCUT2D eigenvalue weighted by atomic mass is 10.0. The predicted octanol–water partition coefficient (Wildman–Crippen LogP) is 3.90. The maximum absolute atomic E-state index is 2.34. The lowest BCUT2D eigenvalue weighted by molar-refractivity contribution is 0.229. The van der Waals surface area contributed by atoms with E-state index in [1.807, 2.05) is 0 Å². The van der Waals surface area contributed by atoms with E-state index in [0.717, 1.165) is 0 Å². The highest BCUT2D eigenvalue weighted by Crippen LogP contribution is 2.29. The normalized spacial score (nSPS) is 19.6. The van der Waals surface area contributed by atoms with Crippen LogP contribution in [0.4, 0.5) is 5.69 Å². The minimum Gasteiger partial charge on any atom is -0.291 e. The van der Waals surface area contributed by atoms with Crippen LogP contribution in [-0.4, -0.2) is 19.6 Å². The van der Waals surface area contributed by atoms with Crippen LogP contribution < -0.4 is 4.48 Å². The van der Waals surface area contributed by atoms with Gasteiger partial charge in [-0.3, -0.25) is 4.48 Å². The van der Waals surface area contributed by atoms with Crippen molar-refractivity contribution < 1.29 is 0 Å². The molecule has 0 aliphatic carbocycles. The summed E-state index contributed by atoms with van der Waals surface area (Å²) < 4.78 is 1.23. The van der Waals surface area contributed by atoms with Crippen molar-refractivity contribution in [3.8, 4) is 0 Å². The molecule has 0 unspecified atom stereocenters. The second-order valence-electron chi connectivity index (χ2n) is 5.21. The molecule has 0 amide bonds. The van der Waals surface area contributed by atoms with Gasteiger partial charge in [0, 0.05) is 0 Å². The molecule has 88 valence electrons. The molecule has 16 heavy (non-hydrogen) atoms. The summed E-state index contributed by atoms with van der Waals surface area (Å²) in [4.78, 5) is 0. The van der Waals surface area contributed by atoms with Crippen LogP contribution in [0.3, 0.4) is 0 Å². The van der Waals surface area contributed by atoms with Crippen LogP contribution in [0, 0.1) is 6.92 Å². The molecule has 0 aromatic heterocycles. The van der Waals surface area contributed by atoms with Gasteiger partial charge in [0.2, 0.25) is 0 Å². The fourth-order valence-corrected chi connectivity index (χ4v) is 3.02. The first-order chi connectivity index (χ1) is 7.77. The van der Waals surface area contributed by atoms with Gasteiger partial charge in [-0.15, -0.1) is 0 Å². The minimum atomic E-state index is 1.23. The molecule has 0 atom stereocenters. The van der Waals surface area contributed by atoms with E-state index in [-0.39, 0.29) is 0 Å². The topological polar surface area (TPSA) is 0 Å². The van der Waals surface area contributed by atoms with Crippen molar-refractivity contribution in [3.05, 3.63) is 29.8 Å². The van der Waals surface area contributed by atoms with Gasteiger partial charge in [-0.1, -0.05) is 24.6 Å². The van der Waals surface area contributed by atoms with Crippen molar-refractivity contribution in [1.82, 2.24) is 4.48 Å². The molecule has 1 fully saturated rings. The summed E-state index contributed by atoms with van der Waals surface area (Å²) in [6, 6.07) is 9.21. The van der Waals surface area contributed by atoms with Crippen LogP contribution in [-0.2, 0) is 0 Å². The largest absolute Gasteiger partial charge is 0.291 e. The average molecular weight is 218 g/mol. The van der Waals surface area contributed by atoms with Gasteiger partial charge >= 0.3 is 0 Å². The summed E-state index contributed by atoms with van der Waals surface area (Å²) in [6.07, 6.45) is 5.51. The first-order valence-electron chi connectivity index (χ1n) is 6.70. The molecule has 1 aliphatic rings.